The van der Waals surface area contributed by atoms with Crippen LogP contribution in [0.3, 0.4) is 0 Å². The minimum Gasteiger partial charge on any atom is -0.368 e. The fourth-order valence-electron chi connectivity index (χ4n) is 0.233. The Balaban J connectivity index is 3.28. The lowest BCUT2D eigenvalue weighted by Crippen LogP contribution is -2.33. The van der Waals surface area contributed by atoms with Crippen LogP contribution >= 0.6 is 15.9 Å². The van der Waals surface area contributed by atoms with Gasteiger partial charge >= 0.3 is 0 Å². The van der Waals surface area contributed by atoms with Crippen molar-refractivity contribution in [2.24, 2.45) is 5.73 Å². The Kier molecular flexibility index (Phi) is 4.04. The van der Waals surface area contributed by atoms with Crippen molar-refractivity contribution in [3.8, 4) is 0 Å². The second kappa shape index (κ2) is 4.31. The number of hydrogen-bond acceptors (Lipinski definition) is 2. The van der Waals surface area contributed by atoms with Gasteiger partial charge in [-0.3, -0.25) is 9.59 Å². The highest BCUT2D eigenvalue weighted by atomic mass is 79.9. The highest BCUT2D eigenvalue weighted by Gasteiger charge is 1.97. The molecule has 4 nitrogen and oxygen atoms in total. The molecule has 0 radical (unpaired) electrons. The number of rotatable bonds is 3. The molecule has 0 aromatic rings. The van der Waals surface area contributed by atoms with Crippen LogP contribution in [0, 0.1) is 0 Å². The van der Waals surface area contributed by atoms with E-state index in [1.54, 1.807) is 0 Å². The number of primary amides is 1. The molecule has 2 amide bonds. The molecule has 9 heavy (non-hydrogen) atoms. The maximum Gasteiger partial charge on any atom is 0.236 e. The molecule has 0 spiro atoms. The van der Waals surface area contributed by atoms with Gasteiger partial charge in [0.2, 0.25) is 11.8 Å². The van der Waals surface area contributed by atoms with Gasteiger partial charge in [0.15, 0.2) is 0 Å². The molecule has 52 valence electrons. The molecule has 0 saturated heterocycles. The highest BCUT2D eigenvalue weighted by molar-refractivity contribution is 9.09. The van der Waals surface area contributed by atoms with Crippen LogP contribution in [0.4, 0.5) is 0 Å². The lowest BCUT2D eigenvalue weighted by atomic mass is 10.6. The van der Waals surface area contributed by atoms with Crippen LogP contribution in [0.15, 0.2) is 0 Å². The number of halogens is 1. The van der Waals surface area contributed by atoms with Gasteiger partial charge in [0.05, 0.1) is 11.9 Å². The summed E-state index contributed by atoms with van der Waals surface area (Å²) in [6.45, 7) is -0.0928. The number of amides is 2. The van der Waals surface area contributed by atoms with E-state index < -0.39 is 5.91 Å². The van der Waals surface area contributed by atoms with E-state index >= 15 is 0 Å². The number of carbonyl (C=O) groups is 2. The van der Waals surface area contributed by atoms with Gasteiger partial charge in [0.1, 0.15) is 0 Å². The molecular weight excluding hydrogens is 188 g/mol. The minimum absolute atomic E-state index is 0.0928. The predicted molar refractivity (Wildman–Crippen MR) is 36.0 cm³/mol. The predicted octanol–water partition coefficient (Wildman–Crippen LogP) is -1.02. The number of alkyl halides is 1. The minimum atomic E-state index is -0.538. The molecule has 0 aliphatic rings. The molecule has 0 fully saturated rings. The summed E-state index contributed by atoms with van der Waals surface area (Å²) < 4.78 is 0. The first kappa shape index (κ1) is 8.42. The van der Waals surface area contributed by atoms with Gasteiger partial charge in [0.25, 0.3) is 0 Å². The van der Waals surface area contributed by atoms with Gasteiger partial charge in [-0.25, -0.2) is 0 Å². The summed E-state index contributed by atoms with van der Waals surface area (Å²) in [6.07, 6.45) is 0. The standard InChI is InChI=1S/C4H7BrN2O2/c5-1-4(9)7-2-3(6)8/h1-2H2,(H2,6,8)(H,7,9). The SMILES string of the molecule is NC(=O)CNC(=O)CBr. The second-order valence-electron chi connectivity index (χ2n) is 1.38. The first-order valence-corrected chi connectivity index (χ1v) is 3.40. The summed E-state index contributed by atoms with van der Waals surface area (Å²) in [5, 5.41) is 2.47. The van der Waals surface area contributed by atoms with Gasteiger partial charge in [-0.05, 0) is 0 Å². The van der Waals surface area contributed by atoms with E-state index in [9.17, 15) is 9.59 Å². The molecule has 5 heteroatoms. The largest absolute Gasteiger partial charge is 0.368 e. The smallest absolute Gasteiger partial charge is 0.236 e. The van der Waals surface area contributed by atoms with Crippen molar-refractivity contribution in [2.45, 2.75) is 0 Å². The number of hydrogen-bond donors (Lipinski definition) is 2. The maximum atomic E-state index is 10.4. The second-order valence-corrected chi connectivity index (χ2v) is 1.94. The Morgan fingerprint density at radius 1 is 1.56 bits per heavy atom. The summed E-state index contributed by atoms with van der Waals surface area (Å²) in [4.78, 5) is 20.4. The van der Waals surface area contributed by atoms with Gasteiger partial charge < -0.3 is 11.1 Å². The molecule has 0 aliphatic heterocycles. The van der Waals surface area contributed by atoms with Crippen LogP contribution in [0.1, 0.15) is 0 Å². The third-order valence-corrected chi connectivity index (χ3v) is 1.09. The van der Waals surface area contributed by atoms with Crippen molar-refractivity contribution in [1.82, 2.24) is 5.32 Å². The van der Waals surface area contributed by atoms with E-state index in [2.05, 4.69) is 21.2 Å². The van der Waals surface area contributed by atoms with E-state index in [-0.39, 0.29) is 17.8 Å². The quantitative estimate of drug-likeness (QED) is 0.566. The lowest BCUT2D eigenvalue weighted by molar-refractivity contribution is -0.123. The summed E-state index contributed by atoms with van der Waals surface area (Å²) in [6, 6.07) is 0. The number of carbonyl (C=O) groups excluding carboxylic acids is 2. The Morgan fingerprint density at radius 3 is 2.44 bits per heavy atom. The van der Waals surface area contributed by atoms with Crippen LogP contribution in [-0.2, 0) is 9.59 Å². The van der Waals surface area contributed by atoms with Crippen LogP contribution in [0.25, 0.3) is 0 Å². The van der Waals surface area contributed by atoms with E-state index in [1.165, 1.54) is 0 Å². The monoisotopic (exact) mass is 194 g/mol. The third-order valence-electron chi connectivity index (χ3n) is 0.581. The summed E-state index contributed by atoms with van der Waals surface area (Å²) in [5.74, 6) is -0.780. The van der Waals surface area contributed by atoms with Crippen molar-refractivity contribution in [1.29, 1.82) is 0 Å². The van der Waals surface area contributed by atoms with Gasteiger partial charge in [-0.15, -0.1) is 0 Å². The van der Waals surface area contributed by atoms with E-state index in [1.807, 2.05) is 0 Å². The summed E-state index contributed by atoms with van der Waals surface area (Å²) >= 11 is 2.90. The molecule has 0 bridgehead atoms. The van der Waals surface area contributed by atoms with Crippen molar-refractivity contribution in [2.75, 3.05) is 11.9 Å². The van der Waals surface area contributed by atoms with Crippen molar-refractivity contribution in [3.63, 3.8) is 0 Å². The van der Waals surface area contributed by atoms with E-state index in [0.717, 1.165) is 0 Å². The topological polar surface area (TPSA) is 72.2 Å². The van der Waals surface area contributed by atoms with Crippen LogP contribution in [0.5, 0.6) is 0 Å². The molecular formula is C4H7BrN2O2. The molecule has 0 rings (SSSR count). The normalized spacial score (nSPS) is 8.56. The fourth-order valence-corrected chi connectivity index (χ4v) is 0.431. The third kappa shape index (κ3) is 5.29. The van der Waals surface area contributed by atoms with E-state index in [4.69, 9.17) is 5.73 Å². The van der Waals surface area contributed by atoms with Crippen LogP contribution in [0.2, 0.25) is 0 Å². The van der Waals surface area contributed by atoms with Gasteiger partial charge in [-0.2, -0.15) is 0 Å². The Morgan fingerprint density at radius 2 is 2.11 bits per heavy atom. The molecule has 3 N–H and O–H groups in total. The molecule has 0 atom stereocenters. The fraction of sp³-hybridized carbons (Fsp3) is 0.500. The summed E-state index contributed by atoms with van der Waals surface area (Å²) in [7, 11) is 0. The number of nitrogens with one attached hydrogen (secondary N) is 1. The first-order chi connectivity index (χ1) is 4.16. The van der Waals surface area contributed by atoms with Crippen molar-refractivity contribution in [3.05, 3.63) is 0 Å². The average molecular weight is 195 g/mol. The zero-order valence-electron chi connectivity index (χ0n) is 4.69. The van der Waals surface area contributed by atoms with Crippen molar-refractivity contribution < 1.29 is 9.59 Å². The lowest BCUT2D eigenvalue weighted by Gasteiger charge is -1.95. The van der Waals surface area contributed by atoms with Gasteiger partial charge in [-0.1, -0.05) is 15.9 Å². The van der Waals surface area contributed by atoms with Gasteiger partial charge in [0, 0.05) is 0 Å². The molecule has 0 saturated carbocycles. The van der Waals surface area contributed by atoms with E-state index in [0.29, 0.717) is 0 Å². The van der Waals surface area contributed by atoms with Crippen LogP contribution in [-0.4, -0.2) is 23.7 Å². The summed E-state index contributed by atoms with van der Waals surface area (Å²) in [5.41, 5.74) is 4.73. The zero-order valence-corrected chi connectivity index (χ0v) is 6.27. The molecule has 0 unspecified atom stereocenters. The maximum absolute atomic E-state index is 10.4. The molecule has 0 heterocycles. The Hall–Kier alpha value is -0.580. The highest BCUT2D eigenvalue weighted by Crippen LogP contribution is 1.76. The number of nitrogens with two attached hydrogens (primary N) is 1. The molecule has 0 aromatic carbocycles. The Labute approximate surface area is 60.9 Å². The van der Waals surface area contributed by atoms with Crippen molar-refractivity contribution >= 4 is 27.7 Å². The molecule has 0 aliphatic carbocycles. The first-order valence-electron chi connectivity index (χ1n) is 2.27. The average Bonchev–Trinajstić information content (AvgIpc) is 1.83. The molecule has 0 aromatic heterocycles. The zero-order chi connectivity index (χ0) is 7.28. The Bertz CT molecular complexity index is 126. The van der Waals surface area contributed by atoms with Crippen LogP contribution < -0.4 is 11.1 Å².